The Labute approximate surface area is 105 Å². The zero-order chi connectivity index (χ0) is 12.4. The molecule has 3 rings (SSSR count). The number of rotatable bonds is 3. The fourth-order valence-electron chi connectivity index (χ4n) is 2.44. The summed E-state index contributed by atoms with van der Waals surface area (Å²) in [6.07, 6.45) is 5.67. The molecule has 2 heterocycles. The van der Waals surface area contributed by atoms with Gasteiger partial charge in [-0.15, -0.1) is 0 Å². The molecule has 0 amide bonds. The number of aromatic amines is 1. The Balaban J connectivity index is 1.70. The van der Waals surface area contributed by atoms with Gasteiger partial charge in [-0.05, 0) is 24.5 Å². The molecule has 0 aromatic carbocycles. The second-order valence-corrected chi connectivity index (χ2v) is 4.57. The maximum Gasteiger partial charge on any atom is 0.181 e. The van der Waals surface area contributed by atoms with Gasteiger partial charge in [-0.25, -0.2) is 0 Å². The van der Waals surface area contributed by atoms with Gasteiger partial charge < -0.3 is 10.3 Å². The van der Waals surface area contributed by atoms with Gasteiger partial charge in [0.15, 0.2) is 5.43 Å². The van der Waals surface area contributed by atoms with Gasteiger partial charge in [0.05, 0.1) is 11.7 Å². The van der Waals surface area contributed by atoms with Crippen LogP contribution in [-0.2, 0) is 13.0 Å². The van der Waals surface area contributed by atoms with Gasteiger partial charge in [0.2, 0.25) is 0 Å². The van der Waals surface area contributed by atoms with E-state index in [2.05, 4.69) is 21.4 Å². The molecule has 4 nitrogen and oxygen atoms in total. The van der Waals surface area contributed by atoms with Crippen LogP contribution in [-0.4, -0.2) is 9.97 Å². The zero-order valence-electron chi connectivity index (χ0n) is 10.0. The van der Waals surface area contributed by atoms with E-state index in [-0.39, 0.29) is 5.43 Å². The first-order valence-electron chi connectivity index (χ1n) is 6.18. The first kappa shape index (κ1) is 11.2. The van der Waals surface area contributed by atoms with Crippen molar-refractivity contribution >= 4 is 0 Å². The molecule has 1 aliphatic rings. The Morgan fingerprint density at radius 3 is 3.28 bits per heavy atom. The topological polar surface area (TPSA) is 57.8 Å². The summed E-state index contributed by atoms with van der Waals surface area (Å²) < 4.78 is 0. The number of nitrogens with one attached hydrogen (secondary N) is 2. The normalized spacial score (nSPS) is 17.7. The maximum atomic E-state index is 11.2. The van der Waals surface area contributed by atoms with E-state index < -0.39 is 0 Å². The molecule has 0 aliphatic heterocycles. The molecule has 0 spiro atoms. The first-order valence-corrected chi connectivity index (χ1v) is 6.18. The smallest absolute Gasteiger partial charge is 0.181 e. The Kier molecular flexibility index (Phi) is 2.94. The molecule has 92 valence electrons. The summed E-state index contributed by atoms with van der Waals surface area (Å²) >= 11 is 0. The average molecular weight is 241 g/mol. The quantitative estimate of drug-likeness (QED) is 0.857. The first-order chi connectivity index (χ1) is 8.83. The van der Waals surface area contributed by atoms with Gasteiger partial charge in [-0.2, -0.15) is 0 Å². The molecular formula is C14H15N3O. The van der Waals surface area contributed by atoms with Gasteiger partial charge in [-0.1, -0.05) is 6.07 Å². The van der Waals surface area contributed by atoms with Crippen molar-refractivity contribution in [3.05, 3.63) is 63.8 Å². The fraction of sp³-hybridized carbons (Fsp3) is 0.286. The van der Waals surface area contributed by atoms with Gasteiger partial charge in [-0.3, -0.25) is 9.78 Å². The molecule has 1 atom stereocenters. The number of aryl methyl sites for hydroxylation is 1. The number of H-pyrrole nitrogens is 1. The number of hydrogen-bond donors (Lipinski definition) is 2. The van der Waals surface area contributed by atoms with Crippen molar-refractivity contribution in [3.63, 3.8) is 0 Å². The predicted molar refractivity (Wildman–Crippen MR) is 69.2 cm³/mol. The summed E-state index contributed by atoms with van der Waals surface area (Å²) in [4.78, 5) is 18.7. The predicted octanol–water partition coefficient (Wildman–Crippen LogP) is 1.55. The molecular weight excluding hydrogens is 226 g/mol. The summed E-state index contributed by atoms with van der Waals surface area (Å²) in [5.74, 6) is 0. The van der Waals surface area contributed by atoms with Crippen molar-refractivity contribution in [2.75, 3.05) is 0 Å². The highest BCUT2D eigenvalue weighted by molar-refractivity contribution is 5.27. The third-order valence-electron chi connectivity index (χ3n) is 3.33. The summed E-state index contributed by atoms with van der Waals surface area (Å²) in [5, 5.41) is 3.45. The monoisotopic (exact) mass is 241 g/mol. The number of pyridine rings is 2. The van der Waals surface area contributed by atoms with Crippen LogP contribution in [0, 0.1) is 0 Å². The van der Waals surface area contributed by atoms with Crippen molar-refractivity contribution < 1.29 is 0 Å². The van der Waals surface area contributed by atoms with Crippen molar-refractivity contribution in [1.82, 2.24) is 15.3 Å². The molecule has 2 aromatic heterocycles. The van der Waals surface area contributed by atoms with Crippen LogP contribution >= 0.6 is 0 Å². The van der Waals surface area contributed by atoms with E-state index in [1.54, 1.807) is 12.3 Å². The molecule has 0 saturated heterocycles. The highest BCUT2D eigenvalue weighted by Crippen LogP contribution is 2.28. The van der Waals surface area contributed by atoms with Crippen molar-refractivity contribution in [2.45, 2.75) is 25.4 Å². The van der Waals surface area contributed by atoms with E-state index >= 15 is 0 Å². The summed E-state index contributed by atoms with van der Waals surface area (Å²) in [6.45, 7) is 0.663. The molecule has 1 aliphatic carbocycles. The van der Waals surface area contributed by atoms with Crippen LogP contribution < -0.4 is 10.7 Å². The minimum Gasteiger partial charge on any atom is -0.364 e. The highest BCUT2D eigenvalue weighted by atomic mass is 16.1. The Morgan fingerprint density at radius 1 is 1.44 bits per heavy atom. The third-order valence-corrected chi connectivity index (χ3v) is 3.33. The van der Waals surface area contributed by atoms with Crippen LogP contribution in [0.5, 0.6) is 0 Å². The van der Waals surface area contributed by atoms with Gasteiger partial charge in [0.1, 0.15) is 0 Å². The lowest BCUT2D eigenvalue weighted by Crippen LogP contribution is -2.20. The van der Waals surface area contributed by atoms with Crippen LogP contribution in [0.15, 0.2) is 41.5 Å². The second kappa shape index (κ2) is 4.74. The SMILES string of the molecule is O=c1cc[nH]c(CN[C@H]2CCc3cccnc32)c1. The van der Waals surface area contributed by atoms with Gasteiger partial charge in [0, 0.05) is 36.8 Å². The van der Waals surface area contributed by atoms with E-state index in [0.717, 1.165) is 24.2 Å². The molecule has 0 fully saturated rings. The lowest BCUT2D eigenvalue weighted by molar-refractivity contribution is 0.516. The number of aromatic nitrogens is 2. The molecule has 0 radical (unpaired) electrons. The number of nitrogens with zero attached hydrogens (tertiary/aromatic N) is 1. The largest absolute Gasteiger partial charge is 0.364 e. The minimum atomic E-state index is 0.0375. The van der Waals surface area contributed by atoms with E-state index in [0.29, 0.717) is 12.6 Å². The zero-order valence-corrected chi connectivity index (χ0v) is 10.0. The lowest BCUT2D eigenvalue weighted by atomic mass is 10.2. The summed E-state index contributed by atoms with van der Waals surface area (Å²) in [7, 11) is 0. The number of hydrogen-bond acceptors (Lipinski definition) is 3. The molecule has 2 aromatic rings. The average Bonchev–Trinajstić information content (AvgIpc) is 2.80. The van der Waals surface area contributed by atoms with E-state index in [9.17, 15) is 4.79 Å². The van der Waals surface area contributed by atoms with Crippen LogP contribution in [0.25, 0.3) is 0 Å². The van der Waals surface area contributed by atoms with Crippen molar-refractivity contribution in [1.29, 1.82) is 0 Å². The minimum absolute atomic E-state index is 0.0375. The highest BCUT2D eigenvalue weighted by Gasteiger charge is 2.22. The van der Waals surface area contributed by atoms with Crippen LogP contribution in [0.4, 0.5) is 0 Å². The molecule has 0 bridgehead atoms. The molecule has 0 unspecified atom stereocenters. The Hall–Kier alpha value is -1.94. The fourth-order valence-corrected chi connectivity index (χ4v) is 2.44. The van der Waals surface area contributed by atoms with E-state index in [4.69, 9.17) is 0 Å². The van der Waals surface area contributed by atoms with Crippen LogP contribution in [0.1, 0.15) is 29.4 Å². The van der Waals surface area contributed by atoms with Crippen LogP contribution in [0.3, 0.4) is 0 Å². The van der Waals surface area contributed by atoms with Gasteiger partial charge >= 0.3 is 0 Å². The standard InChI is InChI=1S/C14H15N3O/c18-12-5-7-15-11(8-12)9-17-13-4-3-10-2-1-6-16-14(10)13/h1-2,5-8,13,17H,3-4,9H2,(H,15,18)/t13-/m0/s1. The van der Waals surface area contributed by atoms with Gasteiger partial charge in [0.25, 0.3) is 0 Å². The van der Waals surface area contributed by atoms with E-state index in [1.807, 2.05) is 12.3 Å². The number of fused-ring (bicyclic) bond motifs is 1. The van der Waals surface area contributed by atoms with Crippen molar-refractivity contribution in [3.8, 4) is 0 Å². The van der Waals surface area contributed by atoms with E-state index in [1.165, 1.54) is 11.6 Å². The molecule has 2 N–H and O–H groups in total. The van der Waals surface area contributed by atoms with Crippen LogP contribution in [0.2, 0.25) is 0 Å². The maximum absolute atomic E-state index is 11.2. The van der Waals surface area contributed by atoms with Crippen molar-refractivity contribution in [2.24, 2.45) is 0 Å². The third kappa shape index (κ3) is 2.19. The lowest BCUT2D eigenvalue weighted by Gasteiger charge is -2.12. The molecule has 4 heteroatoms. The summed E-state index contributed by atoms with van der Waals surface area (Å²) in [5.41, 5.74) is 3.43. The molecule has 18 heavy (non-hydrogen) atoms. The Bertz CT molecular complexity index is 606. The second-order valence-electron chi connectivity index (χ2n) is 4.57. The Morgan fingerprint density at radius 2 is 2.39 bits per heavy atom. The molecule has 0 saturated carbocycles. The summed E-state index contributed by atoms with van der Waals surface area (Å²) in [6, 6.07) is 7.56.